The van der Waals surface area contributed by atoms with Gasteiger partial charge in [0.15, 0.2) is 23.3 Å². The number of halogens is 7. The minimum atomic E-state index is -2.26. The van der Waals surface area contributed by atoms with Crippen molar-refractivity contribution in [2.75, 3.05) is 11.1 Å². The second-order valence-electron chi connectivity index (χ2n) is 4.36. The van der Waals surface area contributed by atoms with Crippen molar-refractivity contribution in [1.29, 1.82) is 0 Å². The largest absolute Gasteiger partial charge is 0.324 e. The van der Waals surface area contributed by atoms with Crippen molar-refractivity contribution in [1.82, 2.24) is 0 Å². The molecule has 0 aromatic heterocycles. The molecule has 2 aromatic carbocycles. The van der Waals surface area contributed by atoms with Crippen molar-refractivity contribution in [2.24, 2.45) is 0 Å². The fourth-order valence-electron chi connectivity index (χ4n) is 1.63. The Morgan fingerprint density at radius 3 is 2.08 bits per heavy atom. The molecule has 0 atom stereocenters. The Hall–Kier alpha value is -1.51. The normalized spacial score (nSPS) is 10.8. The number of hydrogen-bond donors (Lipinski definition) is 1. The third-order valence-corrected chi connectivity index (χ3v) is 4.34. The zero-order valence-electron chi connectivity index (χ0n) is 11.4. The molecular formula is C14H6Cl2F5NOS. The van der Waals surface area contributed by atoms with E-state index in [0.29, 0.717) is 0 Å². The summed E-state index contributed by atoms with van der Waals surface area (Å²) in [4.78, 5) is 10.6. The first-order valence-corrected chi connectivity index (χ1v) is 7.85. The van der Waals surface area contributed by atoms with E-state index < -0.39 is 45.6 Å². The summed E-state index contributed by atoms with van der Waals surface area (Å²) >= 11 is 11.7. The molecule has 0 saturated heterocycles. The molecule has 1 amide bonds. The Morgan fingerprint density at radius 1 is 0.958 bits per heavy atom. The van der Waals surface area contributed by atoms with Crippen LogP contribution in [0.5, 0.6) is 0 Å². The van der Waals surface area contributed by atoms with Gasteiger partial charge in [0.2, 0.25) is 11.7 Å². The molecule has 0 radical (unpaired) electrons. The average molecular weight is 402 g/mol. The van der Waals surface area contributed by atoms with Crippen molar-refractivity contribution in [2.45, 2.75) is 4.90 Å². The number of nitrogens with one attached hydrogen (secondary N) is 1. The summed E-state index contributed by atoms with van der Waals surface area (Å²) in [5.41, 5.74) is 0.146. The minimum Gasteiger partial charge on any atom is -0.324 e. The summed E-state index contributed by atoms with van der Waals surface area (Å²) in [5, 5.41) is 2.76. The molecule has 0 spiro atoms. The van der Waals surface area contributed by atoms with Gasteiger partial charge in [-0.1, -0.05) is 23.2 Å². The zero-order chi connectivity index (χ0) is 18.0. The molecule has 2 rings (SSSR count). The highest BCUT2D eigenvalue weighted by molar-refractivity contribution is 8.00. The van der Waals surface area contributed by atoms with E-state index in [1.807, 2.05) is 0 Å². The third kappa shape index (κ3) is 3.93. The molecule has 0 bridgehead atoms. The maximum Gasteiger partial charge on any atom is 0.234 e. The molecular weight excluding hydrogens is 396 g/mol. The predicted molar refractivity (Wildman–Crippen MR) is 82.0 cm³/mol. The lowest BCUT2D eigenvalue weighted by molar-refractivity contribution is -0.113. The van der Waals surface area contributed by atoms with Crippen LogP contribution in [0.25, 0.3) is 0 Å². The predicted octanol–water partition coefficient (Wildman–Crippen LogP) is 5.42. The van der Waals surface area contributed by atoms with Crippen molar-refractivity contribution in [3.05, 3.63) is 57.3 Å². The van der Waals surface area contributed by atoms with Gasteiger partial charge >= 0.3 is 0 Å². The third-order valence-electron chi connectivity index (χ3n) is 2.72. The van der Waals surface area contributed by atoms with E-state index in [1.54, 1.807) is 0 Å². The van der Waals surface area contributed by atoms with Gasteiger partial charge in [-0.25, -0.2) is 22.0 Å². The maximum absolute atomic E-state index is 13.5. The minimum absolute atomic E-state index is 0.146. The number of hydrogen-bond acceptors (Lipinski definition) is 2. The van der Waals surface area contributed by atoms with Crippen molar-refractivity contribution < 1.29 is 26.7 Å². The van der Waals surface area contributed by atoms with Crippen LogP contribution in [0.3, 0.4) is 0 Å². The molecule has 0 heterocycles. The summed E-state index contributed by atoms with van der Waals surface area (Å²) in [6.07, 6.45) is 0. The zero-order valence-corrected chi connectivity index (χ0v) is 13.7. The quantitative estimate of drug-likeness (QED) is 0.320. The number of rotatable bonds is 4. The second kappa shape index (κ2) is 7.58. The fourth-order valence-corrected chi connectivity index (χ4v) is 2.75. The van der Waals surface area contributed by atoms with E-state index in [2.05, 4.69) is 5.32 Å². The van der Waals surface area contributed by atoms with Crippen LogP contribution in [0, 0.1) is 29.1 Å². The lowest BCUT2D eigenvalue weighted by Gasteiger charge is -2.09. The van der Waals surface area contributed by atoms with E-state index in [0.717, 1.165) is 0 Å². The Kier molecular flexibility index (Phi) is 5.95. The Bertz CT molecular complexity index is 789. The van der Waals surface area contributed by atoms with Crippen LogP contribution in [-0.4, -0.2) is 11.7 Å². The molecule has 2 aromatic rings. The molecule has 24 heavy (non-hydrogen) atoms. The van der Waals surface area contributed by atoms with Crippen LogP contribution in [0.15, 0.2) is 23.1 Å². The van der Waals surface area contributed by atoms with Crippen LogP contribution in [0.4, 0.5) is 27.6 Å². The highest BCUT2D eigenvalue weighted by atomic mass is 35.5. The van der Waals surface area contributed by atoms with Crippen LogP contribution in [-0.2, 0) is 4.79 Å². The molecule has 0 aliphatic carbocycles. The maximum atomic E-state index is 13.5. The first kappa shape index (κ1) is 18.8. The molecule has 1 N–H and O–H groups in total. The van der Waals surface area contributed by atoms with Gasteiger partial charge in [-0.3, -0.25) is 4.79 Å². The lowest BCUT2D eigenvalue weighted by Crippen LogP contribution is -2.15. The molecule has 10 heteroatoms. The fraction of sp³-hybridized carbons (Fsp3) is 0.0714. The molecule has 128 valence electrons. The Balaban J connectivity index is 2.14. The topological polar surface area (TPSA) is 29.1 Å². The Labute approximate surface area is 146 Å². The molecule has 0 aliphatic heterocycles. The van der Waals surface area contributed by atoms with Gasteiger partial charge in [0.1, 0.15) is 0 Å². The summed E-state index contributed by atoms with van der Waals surface area (Å²) in [6, 6.07) is 4.23. The first-order chi connectivity index (χ1) is 11.2. The number of anilines is 1. The molecule has 0 fully saturated rings. The van der Waals surface area contributed by atoms with Crippen molar-refractivity contribution in [3.8, 4) is 0 Å². The molecule has 0 unspecified atom stereocenters. The second-order valence-corrected chi connectivity index (χ2v) is 6.19. The van der Waals surface area contributed by atoms with E-state index in [4.69, 9.17) is 23.2 Å². The van der Waals surface area contributed by atoms with Gasteiger partial charge in [-0.05, 0) is 18.2 Å². The summed E-state index contributed by atoms with van der Waals surface area (Å²) < 4.78 is 66.0. The molecule has 0 aliphatic rings. The van der Waals surface area contributed by atoms with Gasteiger partial charge in [0, 0.05) is 5.02 Å². The van der Waals surface area contributed by atoms with E-state index in [9.17, 15) is 26.7 Å². The smallest absolute Gasteiger partial charge is 0.234 e. The van der Waals surface area contributed by atoms with Gasteiger partial charge < -0.3 is 5.32 Å². The van der Waals surface area contributed by atoms with Crippen LogP contribution in [0.2, 0.25) is 10.0 Å². The SMILES string of the molecule is O=C(CSc1c(F)c(F)c(F)c(F)c1F)Nc1cc(Cl)ccc1Cl. The lowest BCUT2D eigenvalue weighted by atomic mass is 10.3. The number of carbonyl (C=O) groups is 1. The van der Waals surface area contributed by atoms with Crippen LogP contribution >= 0.6 is 35.0 Å². The number of benzene rings is 2. The van der Waals surface area contributed by atoms with Gasteiger partial charge in [0.05, 0.1) is 21.4 Å². The van der Waals surface area contributed by atoms with Gasteiger partial charge in [-0.2, -0.15) is 0 Å². The first-order valence-electron chi connectivity index (χ1n) is 6.11. The Morgan fingerprint density at radius 2 is 1.50 bits per heavy atom. The summed E-state index contributed by atoms with van der Waals surface area (Å²) in [6.45, 7) is 0. The van der Waals surface area contributed by atoms with E-state index in [1.165, 1.54) is 18.2 Å². The van der Waals surface area contributed by atoms with Crippen LogP contribution < -0.4 is 5.32 Å². The van der Waals surface area contributed by atoms with Gasteiger partial charge in [0.25, 0.3) is 0 Å². The van der Waals surface area contributed by atoms with Crippen molar-refractivity contribution >= 4 is 46.6 Å². The summed E-state index contributed by atoms with van der Waals surface area (Å²) in [5.74, 6) is -11.8. The molecule has 0 saturated carbocycles. The van der Waals surface area contributed by atoms with Crippen LogP contribution in [0.1, 0.15) is 0 Å². The number of amides is 1. The highest BCUT2D eigenvalue weighted by Gasteiger charge is 2.26. The summed E-state index contributed by atoms with van der Waals surface area (Å²) in [7, 11) is 0. The molecule has 2 nitrogen and oxygen atoms in total. The average Bonchev–Trinajstić information content (AvgIpc) is 2.54. The van der Waals surface area contributed by atoms with Gasteiger partial charge in [-0.15, -0.1) is 11.8 Å². The van der Waals surface area contributed by atoms with Crippen molar-refractivity contribution in [3.63, 3.8) is 0 Å². The standard InChI is InChI=1S/C14H6Cl2F5NOS/c15-5-1-2-6(16)7(3-5)22-8(23)4-24-14-12(20)10(18)9(17)11(19)13(14)21/h1-3H,4H2,(H,22,23). The highest BCUT2D eigenvalue weighted by Crippen LogP contribution is 2.31. The monoisotopic (exact) mass is 401 g/mol. The number of carbonyl (C=O) groups excluding carboxylic acids is 1. The van der Waals surface area contributed by atoms with E-state index >= 15 is 0 Å². The van der Waals surface area contributed by atoms with E-state index in [-0.39, 0.29) is 27.5 Å². The number of thioether (sulfide) groups is 1.